The second-order valence-electron chi connectivity index (χ2n) is 7.03. The van der Waals surface area contributed by atoms with Crippen molar-refractivity contribution in [2.24, 2.45) is 0 Å². The minimum atomic E-state index is -1.06. The third-order valence-corrected chi connectivity index (χ3v) is 10.5. The van der Waals surface area contributed by atoms with E-state index >= 15 is 0 Å². The molecule has 3 heteroatoms. The van der Waals surface area contributed by atoms with E-state index in [0.717, 1.165) is 6.42 Å². The van der Waals surface area contributed by atoms with Gasteiger partial charge in [0, 0.05) is 0 Å². The van der Waals surface area contributed by atoms with E-state index < -0.39 is 22.9 Å². The van der Waals surface area contributed by atoms with Crippen LogP contribution in [-0.2, 0) is 29.3 Å². The number of halogens is 2. The summed E-state index contributed by atoms with van der Waals surface area (Å²) in [6.07, 6.45) is 11.5. The zero-order valence-electron chi connectivity index (χ0n) is 16.0. The summed E-state index contributed by atoms with van der Waals surface area (Å²) in [4.78, 5) is 0. The topological polar surface area (TPSA) is 0 Å². The normalized spacial score (nSPS) is 13.9. The first kappa shape index (κ1) is 22.0. The Labute approximate surface area is 195 Å². The molecule has 3 aromatic carbocycles. The van der Waals surface area contributed by atoms with Crippen LogP contribution in [0.25, 0.3) is 20.5 Å². The molecule has 0 atom stereocenters. The smallest absolute Gasteiger partial charge is 0.147 e. The molecule has 0 nitrogen and oxygen atoms in total. The van der Waals surface area contributed by atoms with Crippen LogP contribution >= 0.6 is 24.8 Å². The second-order valence-corrected chi connectivity index (χ2v) is 12.0. The second kappa shape index (κ2) is 9.89. The summed E-state index contributed by atoms with van der Waals surface area (Å²) in [6, 6.07) is 26.6. The molecule has 0 unspecified atom stereocenters. The Morgan fingerprint density at radius 3 is 2.24 bits per heavy atom. The van der Waals surface area contributed by atoms with Crippen molar-refractivity contribution >= 4 is 34.2 Å². The summed E-state index contributed by atoms with van der Waals surface area (Å²) in [6.45, 7) is 0. The van der Waals surface area contributed by atoms with Gasteiger partial charge in [-0.15, -0.1) is 24.8 Å². The van der Waals surface area contributed by atoms with Gasteiger partial charge < -0.3 is 0 Å². The van der Waals surface area contributed by atoms with Crippen LogP contribution < -0.4 is 10.4 Å². The molecule has 3 aromatic rings. The van der Waals surface area contributed by atoms with Crippen LogP contribution in [0.2, 0.25) is 0 Å². The Hall–Kier alpha value is -1.67. The molecule has 0 bridgehead atoms. The largest absolute Gasteiger partial charge is 0.147 e. The summed E-state index contributed by atoms with van der Waals surface area (Å²) in [5, 5.41) is 2.92. The van der Waals surface area contributed by atoms with Gasteiger partial charge in [0.1, 0.15) is 0 Å². The molecule has 5 rings (SSSR count). The van der Waals surface area contributed by atoms with Crippen molar-refractivity contribution in [2.45, 2.75) is 12.8 Å². The van der Waals surface area contributed by atoms with Gasteiger partial charge in [0.25, 0.3) is 0 Å². The summed E-state index contributed by atoms with van der Waals surface area (Å²) >= 11 is -1.06. The molecule has 0 amide bonds. The van der Waals surface area contributed by atoms with Crippen molar-refractivity contribution in [3.63, 3.8) is 0 Å². The van der Waals surface area contributed by atoms with E-state index in [1.165, 1.54) is 39.1 Å². The van der Waals surface area contributed by atoms with Gasteiger partial charge in [0.15, 0.2) is 0 Å². The average Bonchev–Trinajstić information content (AvgIpc) is 3.35. The van der Waals surface area contributed by atoms with Crippen LogP contribution in [0, 0.1) is 0 Å². The van der Waals surface area contributed by atoms with E-state index in [-0.39, 0.29) is 24.8 Å². The Morgan fingerprint density at radius 1 is 0.759 bits per heavy atom. The van der Waals surface area contributed by atoms with Gasteiger partial charge in [-0.25, -0.2) is 0 Å². The predicted octanol–water partition coefficient (Wildman–Crippen LogP) is 5.62. The number of rotatable bonds is 4. The van der Waals surface area contributed by atoms with Crippen LogP contribution in [0.3, 0.4) is 0 Å². The first-order valence-corrected chi connectivity index (χ1v) is 13.1. The van der Waals surface area contributed by atoms with E-state index in [1.807, 2.05) is 0 Å². The van der Waals surface area contributed by atoms with Gasteiger partial charge in [-0.1, -0.05) is 0 Å². The number of allylic oxidation sites excluding steroid dienone is 4. The van der Waals surface area contributed by atoms with Crippen LogP contribution in [0.15, 0.2) is 94.4 Å². The van der Waals surface area contributed by atoms with E-state index in [9.17, 15) is 0 Å². The number of hydrogen-bond donors (Lipinski definition) is 0. The van der Waals surface area contributed by atoms with Gasteiger partial charge in [-0.2, -0.15) is 0 Å². The van der Waals surface area contributed by atoms with Gasteiger partial charge >= 0.3 is 172 Å². The van der Waals surface area contributed by atoms with Crippen LogP contribution in [0.4, 0.5) is 0 Å². The van der Waals surface area contributed by atoms with E-state index in [2.05, 4.69) is 97.1 Å². The third kappa shape index (κ3) is 4.43. The Kier molecular flexibility index (Phi) is 7.51. The molecule has 0 heterocycles. The van der Waals surface area contributed by atoms with Gasteiger partial charge in [-0.3, -0.25) is 0 Å². The SMILES string of the molecule is C1=CC[C]([Hf][C]2=c3c(cccc3=CCc3ccccc3)-c3ccccc32)=C1.Cl.Cl. The molecule has 0 fully saturated rings. The van der Waals surface area contributed by atoms with Crippen LogP contribution in [0.5, 0.6) is 0 Å². The summed E-state index contributed by atoms with van der Waals surface area (Å²) in [5.74, 6) is 0. The Morgan fingerprint density at radius 2 is 1.48 bits per heavy atom. The zero-order valence-corrected chi connectivity index (χ0v) is 21.2. The monoisotopic (exact) mass is 584 g/mol. The fourth-order valence-electron chi connectivity index (χ4n) is 3.99. The van der Waals surface area contributed by atoms with E-state index in [1.54, 1.807) is 6.66 Å². The molecular weight excluding hydrogens is 562 g/mol. The summed E-state index contributed by atoms with van der Waals surface area (Å²) in [7, 11) is 0. The van der Waals surface area contributed by atoms with Gasteiger partial charge in [-0.05, 0) is 0 Å². The predicted molar refractivity (Wildman–Crippen MR) is 125 cm³/mol. The Bertz CT molecular complexity index is 1190. The Balaban J connectivity index is 0.00000120. The zero-order chi connectivity index (χ0) is 18.1. The maximum atomic E-state index is 2.42. The maximum Gasteiger partial charge on any atom is -0.147 e. The van der Waals surface area contributed by atoms with Crippen molar-refractivity contribution in [3.8, 4) is 11.1 Å². The maximum absolute atomic E-state index is 2.42. The molecule has 29 heavy (non-hydrogen) atoms. The summed E-state index contributed by atoms with van der Waals surface area (Å²) in [5.41, 5.74) is 5.72. The minimum absolute atomic E-state index is 0. The molecule has 0 radical (unpaired) electrons. The number of benzene rings is 3. The molecule has 0 saturated carbocycles. The molecular formula is C26H22Cl2Hf. The molecule has 144 valence electrons. The van der Waals surface area contributed by atoms with E-state index in [4.69, 9.17) is 0 Å². The average molecular weight is 584 g/mol. The van der Waals surface area contributed by atoms with Crippen molar-refractivity contribution in [3.05, 3.63) is 116 Å². The fraction of sp³-hybridized carbons (Fsp3) is 0.0769. The van der Waals surface area contributed by atoms with Crippen LogP contribution in [-0.4, -0.2) is 0 Å². The molecule has 0 aromatic heterocycles. The van der Waals surface area contributed by atoms with Crippen molar-refractivity contribution < 1.29 is 22.9 Å². The molecule has 0 spiro atoms. The fourth-order valence-corrected chi connectivity index (χ4v) is 9.29. The third-order valence-electron chi connectivity index (χ3n) is 5.29. The van der Waals surface area contributed by atoms with Crippen molar-refractivity contribution in [1.29, 1.82) is 0 Å². The molecule has 0 aliphatic heterocycles. The van der Waals surface area contributed by atoms with Gasteiger partial charge in [0.2, 0.25) is 0 Å². The summed E-state index contributed by atoms with van der Waals surface area (Å²) < 4.78 is 3.38. The minimum Gasteiger partial charge on any atom is -0.147 e. The number of fused-ring (bicyclic) bond motifs is 3. The quantitative estimate of drug-likeness (QED) is 0.350. The van der Waals surface area contributed by atoms with Gasteiger partial charge in [0.05, 0.1) is 0 Å². The first-order chi connectivity index (χ1) is 13.4. The number of hydrogen-bond acceptors (Lipinski definition) is 0. The molecule has 2 aliphatic carbocycles. The van der Waals surface area contributed by atoms with Crippen LogP contribution in [0.1, 0.15) is 17.5 Å². The molecule has 2 aliphatic rings. The first-order valence-electron chi connectivity index (χ1n) is 9.50. The van der Waals surface area contributed by atoms with Crippen molar-refractivity contribution in [1.82, 2.24) is 0 Å². The standard InChI is InChI=1S/C21H15.C5H5.2ClH.Hf/c1-2-7-16(8-3-1)13-14-17-10-6-12-20-19-11-5-4-9-18(19)15-21(17)20;1-2-4-5-3-1;;;/h1-12,14H,13H2;1-3H,4H2;2*1H;. The van der Waals surface area contributed by atoms with E-state index in [0.29, 0.717) is 0 Å². The molecule has 0 N–H and O–H groups in total. The molecule has 0 saturated heterocycles. The van der Waals surface area contributed by atoms with Crippen molar-refractivity contribution in [2.75, 3.05) is 0 Å².